The highest BCUT2D eigenvalue weighted by Gasteiger charge is 2.41. The van der Waals surface area contributed by atoms with E-state index in [2.05, 4.69) is 17.7 Å². The first kappa shape index (κ1) is 23.6. The lowest BCUT2D eigenvalue weighted by Gasteiger charge is -2.27. The van der Waals surface area contributed by atoms with Crippen LogP contribution in [0.4, 0.5) is 0 Å². The number of unbranched alkanes of at least 4 members (excludes halogenated alkanes) is 4. The molecule has 28 heavy (non-hydrogen) atoms. The van der Waals surface area contributed by atoms with Crippen LogP contribution in [-0.4, -0.2) is 30.4 Å². The minimum absolute atomic E-state index is 0.153. The highest BCUT2D eigenvalue weighted by Crippen LogP contribution is 2.34. The molecule has 0 radical (unpaired) electrons. The van der Waals surface area contributed by atoms with Crippen molar-refractivity contribution in [3.63, 3.8) is 0 Å². The Hall–Kier alpha value is -2.43. The zero-order chi connectivity index (χ0) is 20.8. The average molecular weight is 389 g/mol. The number of rotatable bonds is 12. The lowest BCUT2D eigenvalue weighted by atomic mass is 9.91. The van der Waals surface area contributed by atoms with E-state index >= 15 is 0 Å². The van der Waals surface area contributed by atoms with Crippen LogP contribution in [0, 0.1) is 0 Å². The molecule has 0 spiro atoms. The molecule has 0 heterocycles. The van der Waals surface area contributed by atoms with E-state index in [9.17, 15) is 14.4 Å². The summed E-state index contributed by atoms with van der Waals surface area (Å²) >= 11 is 0. The fourth-order valence-corrected chi connectivity index (χ4v) is 3.00. The molecule has 1 rings (SSSR count). The Labute approximate surface area is 168 Å². The molecule has 154 valence electrons. The van der Waals surface area contributed by atoms with Gasteiger partial charge in [-0.3, -0.25) is 14.4 Å². The third-order valence-electron chi connectivity index (χ3n) is 4.49. The largest absolute Gasteiger partial charge is 0.469 e. The van der Waals surface area contributed by atoms with E-state index in [1.54, 1.807) is 18.2 Å². The highest BCUT2D eigenvalue weighted by molar-refractivity contribution is 6.09. The Morgan fingerprint density at radius 2 is 1.86 bits per heavy atom. The van der Waals surface area contributed by atoms with Crippen LogP contribution in [0.1, 0.15) is 65.2 Å². The van der Waals surface area contributed by atoms with Crippen LogP contribution in [0.15, 0.2) is 48.1 Å². The number of allylic oxidation sites excluding steroid dienone is 5. The molecule has 5 heteroatoms. The number of esters is 2. The maximum atomic E-state index is 12.3. The van der Waals surface area contributed by atoms with Crippen molar-refractivity contribution in [3.8, 4) is 0 Å². The average Bonchev–Trinajstić information content (AvgIpc) is 2.96. The molecule has 0 saturated heterocycles. The highest BCUT2D eigenvalue weighted by atomic mass is 16.6. The monoisotopic (exact) mass is 388 g/mol. The molecule has 0 aromatic heterocycles. The van der Waals surface area contributed by atoms with Crippen LogP contribution >= 0.6 is 0 Å². The zero-order valence-corrected chi connectivity index (χ0v) is 17.2. The lowest BCUT2D eigenvalue weighted by Crippen LogP contribution is -2.33. The van der Waals surface area contributed by atoms with Gasteiger partial charge in [0.2, 0.25) is 0 Å². The van der Waals surface area contributed by atoms with Crippen molar-refractivity contribution in [1.29, 1.82) is 0 Å². The number of hydrogen-bond acceptors (Lipinski definition) is 5. The standard InChI is InChI=1S/C23H32O5/c1-4-5-6-7-10-13-17-23(28-19(2)24)18-16-21(25)20(23)14-11-8-9-12-15-22(26)27-3/h8,10-11,13-14,16,18H,4-7,9,12,15,17H2,1-3H3/b11-8-,13-10-,20-14+/t23-/m0/s1. The smallest absolute Gasteiger partial charge is 0.305 e. The van der Waals surface area contributed by atoms with Crippen molar-refractivity contribution in [3.05, 3.63) is 48.1 Å². The van der Waals surface area contributed by atoms with E-state index in [-0.39, 0.29) is 11.8 Å². The second-order valence-corrected chi connectivity index (χ2v) is 6.83. The number of methoxy groups -OCH3 is 1. The molecule has 0 bridgehead atoms. The summed E-state index contributed by atoms with van der Waals surface area (Å²) in [6.07, 6.45) is 19.2. The molecule has 5 nitrogen and oxygen atoms in total. The predicted molar refractivity (Wildman–Crippen MR) is 110 cm³/mol. The first-order valence-electron chi connectivity index (χ1n) is 9.97. The van der Waals surface area contributed by atoms with Crippen LogP contribution in [-0.2, 0) is 23.9 Å². The Morgan fingerprint density at radius 3 is 2.54 bits per heavy atom. The molecular formula is C23H32O5. The molecular weight excluding hydrogens is 356 g/mol. The van der Waals surface area contributed by atoms with E-state index in [1.165, 1.54) is 33.0 Å². The summed E-state index contributed by atoms with van der Waals surface area (Å²) < 4.78 is 10.2. The van der Waals surface area contributed by atoms with Crippen molar-refractivity contribution in [2.24, 2.45) is 0 Å². The third-order valence-corrected chi connectivity index (χ3v) is 4.49. The van der Waals surface area contributed by atoms with Gasteiger partial charge in [0, 0.05) is 25.3 Å². The summed E-state index contributed by atoms with van der Waals surface area (Å²) in [4.78, 5) is 35.1. The predicted octanol–water partition coefficient (Wildman–Crippen LogP) is 4.78. The third kappa shape index (κ3) is 8.07. The van der Waals surface area contributed by atoms with E-state index in [0.29, 0.717) is 31.3 Å². The number of ether oxygens (including phenoxy) is 2. The Balaban J connectivity index is 2.79. The summed E-state index contributed by atoms with van der Waals surface area (Å²) in [6.45, 7) is 3.51. The van der Waals surface area contributed by atoms with Gasteiger partial charge in [-0.05, 0) is 37.8 Å². The second-order valence-electron chi connectivity index (χ2n) is 6.83. The van der Waals surface area contributed by atoms with Crippen molar-refractivity contribution in [2.75, 3.05) is 7.11 Å². The topological polar surface area (TPSA) is 69.7 Å². The van der Waals surface area contributed by atoms with Gasteiger partial charge in [0.1, 0.15) is 0 Å². The summed E-state index contributed by atoms with van der Waals surface area (Å²) in [5.41, 5.74) is -0.592. The molecule has 0 fully saturated rings. The van der Waals surface area contributed by atoms with Crippen molar-refractivity contribution in [2.45, 2.75) is 70.8 Å². The maximum Gasteiger partial charge on any atom is 0.305 e. The molecule has 1 atom stereocenters. The summed E-state index contributed by atoms with van der Waals surface area (Å²) in [5.74, 6) is -0.812. The fraction of sp³-hybridized carbons (Fsp3) is 0.522. The van der Waals surface area contributed by atoms with Crippen LogP contribution in [0.2, 0.25) is 0 Å². The van der Waals surface area contributed by atoms with Gasteiger partial charge in [-0.15, -0.1) is 0 Å². The minimum Gasteiger partial charge on any atom is -0.469 e. The number of ketones is 1. The normalized spacial score (nSPS) is 20.5. The van der Waals surface area contributed by atoms with Crippen molar-refractivity contribution < 1.29 is 23.9 Å². The van der Waals surface area contributed by atoms with Crippen LogP contribution < -0.4 is 0 Å². The van der Waals surface area contributed by atoms with Gasteiger partial charge in [0.05, 0.1) is 7.11 Å². The van der Waals surface area contributed by atoms with Crippen molar-refractivity contribution >= 4 is 17.7 Å². The van der Waals surface area contributed by atoms with Gasteiger partial charge in [0.25, 0.3) is 0 Å². The molecule has 0 amide bonds. The van der Waals surface area contributed by atoms with Crippen LogP contribution in [0.5, 0.6) is 0 Å². The number of hydrogen-bond donors (Lipinski definition) is 0. The van der Waals surface area contributed by atoms with E-state index in [0.717, 1.165) is 12.8 Å². The minimum atomic E-state index is -1.04. The molecule has 0 saturated carbocycles. The van der Waals surface area contributed by atoms with E-state index < -0.39 is 11.6 Å². The first-order chi connectivity index (χ1) is 13.4. The lowest BCUT2D eigenvalue weighted by molar-refractivity contribution is -0.149. The molecule has 0 N–H and O–H groups in total. The number of carbonyl (C=O) groups excluding carboxylic acids is 3. The molecule has 0 aromatic carbocycles. The van der Waals surface area contributed by atoms with Crippen LogP contribution in [0.3, 0.4) is 0 Å². The Kier molecular flexibility index (Phi) is 10.8. The Morgan fingerprint density at radius 1 is 1.11 bits per heavy atom. The van der Waals surface area contributed by atoms with Gasteiger partial charge >= 0.3 is 11.9 Å². The second kappa shape index (κ2) is 12.9. The molecule has 0 aliphatic heterocycles. The maximum absolute atomic E-state index is 12.3. The molecule has 0 aromatic rings. The molecule has 0 unspecified atom stereocenters. The van der Waals surface area contributed by atoms with Crippen molar-refractivity contribution in [1.82, 2.24) is 0 Å². The summed E-state index contributed by atoms with van der Waals surface area (Å²) in [7, 11) is 1.37. The van der Waals surface area contributed by atoms with Gasteiger partial charge in [-0.1, -0.05) is 50.1 Å². The van der Waals surface area contributed by atoms with E-state index in [4.69, 9.17) is 4.74 Å². The van der Waals surface area contributed by atoms with Gasteiger partial charge in [-0.25, -0.2) is 0 Å². The fourth-order valence-electron chi connectivity index (χ4n) is 3.00. The van der Waals surface area contributed by atoms with E-state index in [1.807, 2.05) is 12.2 Å². The van der Waals surface area contributed by atoms with Gasteiger partial charge in [-0.2, -0.15) is 0 Å². The quantitative estimate of drug-likeness (QED) is 0.208. The Bertz CT molecular complexity index is 654. The molecule has 1 aliphatic carbocycles. The van der Waals surface area contributed by atoms with Gasteiger partial charge in [0.15, 0.2) is 11.4 Å². The molecule has 1 aliphatic rings. The first-order valence-corrected chi connectivity index (χ1v) is 9.97. The van der Waals surface area contributed by atoms with Crippen LogP contribution in [0.25, 0.3) is 0 Å². The number of carbonyl (C=O) groups is 3. The zero-order valence-electron chi connectivity index (χ0n) is 17.2. The summed E-state index contributed by atoms with van der Waals surface area (Å²) in [6, 6.07) is 0. The summed E-state index contributed by atoms with van der Waals surface area (Å²) in [5, 5.41) is 0. The SMILES string of the molecule is CCCCC/C=C\C[C@]1(OC(C)=O)C=CC(=O)/C1=C\C=C/CCCC(=O)OC. The van der Waals surface area contributed by atoms with Gasteiger partial charge < -0.3 is 9.47 Å².